The highest BCUT2D eigenvalue weighted by molar-refractivity contribution is 5.46. The highest BCUT2D eigenvalue weighted by atomic mass is 16.6. The first-order chi connectivity index (χ1) is 9.74. The predicted molar refractivity (Wildman–Crippen MR) is 77.6 cm³/mol. The second-order valence-electron chi connectivity index (χ2n) is 5.40. The maximum Gasteiger partial charge on any atom is 0.122 e. The van der Waals surface area contributed by atoms with Crippen molar-refractivity contribution >= 4 is 5.69 Å². The first-order valence-corrected chi connectivity index (χ1v) is 7.06. The third kappa shape index (κ3) is 2.67. The van der Waals surface area contributed by atoms with Crippen LogP contribution in [0.1, 0.15) is 18.3 Å². The number of aromatic nitrogens is 2. The van der Waals surface area contributed by atoms with E-state index in [9.17, 15) is 0 Å². The van der Waals surface area contributed by atoms with Crippen LogP contribution >= 0.6 is 0 Å². The molecule has 0 N–H and O–H groups in total. The van der Waals surface area contributed by atoms with E-state index in [4.69, 9.17) is 4.63 Å². The smallest absolute Gasteiger partial charge is 0.122 e. The summed E-state index contributed by atoms with van der Waals surface area (Å²) in [6.07, 6.45) is 0. The molecular weight excluding hydrogens is 252 g/mol. The lowest BCUT2D eigenvalue weighted by Crippen LogP contribution is -2.51. The Labute approximate surface area is 119 Å². The summed E-state index contributed by atoms with van der Waals surface area (Å²) >= 11 is 0. The molecule has 0 saturated carbocycles. The van der Waals surface area contributed by atoms with E-state index < -0.39 is 0 Å². The van der Waals surface area contributed by atoms with Gasteiger partial charge in [0, 0.05) is 37.9 Å². The van der Waals surface area contributed by atoms with Crippen LogP contribution in [0.5, 0.6) is 0 Å². The molecule has 1 aromatic carbocycles. The number of piperazine rings is 1. The molecule has 1 fully saturated rings. The summed E-state index contributed by atoms with van der Waals surface area (Å²) in [5.41, 5.74) is 3.14. The van der Waals surface area contributed by atoms with E-state index in [0.29, 0.717) is 6.04 Å². The summed E-state index contributed by atoms with van der Waals surface area (Å²) in [5, 5.41) is 7.83. The fourth-order valence-corrected chi connectivity index (χ4v) is 2.69. The van der Waals surface area contributed by atoms with Crippen molar-refractivity contribution < 1.29 is 4.63 Å². The number of para-hydroxylation sites is 1. The standard InChI is InChI=1S/C15H20N4O/c1-12-10-19(14-6-4-3-5-7-14)9-8-18(12)11-15-13(2)16-20-17-15/h3-7,12H,8-11H2,1-2H3/t12-/m0/s1. The Morgan fingerprint density at radius 3 is 2.65 bits per heavy atom. The third-order valence-electron chi connectivity index (χ3n) is 3.99. The van der Waals surface area contributed by atoms with Gasteiger partial charge in [-0.05, 0) is 26.0 Å². The van der Waals surface area contributed by atoms with Crippen molar-refractivity contribution in [2.24, 2.45) is 0 Å². The van der Waals surface area contributed by atoms with E-state index in [2.05, 4.69) is 57.4 Å². The summed E-state index contributed by atoms with van der Waals surface area (Å²) in [5.74, 6) is 0. The second-order valence-corrected chi connectivity index (χ2v) is 5.40. The summed E-state index contributed by atoms with van der Waals surface area (Å²) in [6.45, 7) is 8.13. The number of aryl methyl sites for hydroxylation is 1. The van der Waals surface area contributed by atoms with Crippen molar-refractivity contribution in [2.45, 2.75) is 26.4 Å². The van der Waals surface area contributed by atoms with Gasteiger partial charge >= 0.3 is 0 Å². The second kappa shape index (κ2) is 5.63. The van der Waals surface area contributed by atoms with E-state index in [1.165, 1.54) is 5.69 Å². The molecule has 1 aromatic heterocycles. The quantitative estimate of drug-likeness (QED) is 0.856. The van der Waals surface area contributed by atoms with Crippen LogP contribution in [0.15, 0.2) is 35.0 Å². The minimum Gasteiger partial charge on any atom is -0.369 e. The summed E-state index contributed by atoms with van der Waals surface area (Å²) in [4.78, 5) is 4.88. The predicted octanol–water partition coefficient (Wildman–Crippen LogP) is 2.09. The first-order valence-electron chi connectivity index (χ1n) is 7.06. The minimum atomic E-state index is 0.486. The molecule has 5 heteroatoms. The van der Waals surface area contributed by atoms with Crippen LogP contribution in [0.25, 0.3) is 0 Å². The molecule has 1 aliphatic rings. The first kappa shape index (κ1) is 13.1. The van der Waals surface area contributed by atoms with Crippen molar-refractivity contribution in [3.8, 4) is 0 Å². The molecule has 0 radical (unpaired) electrons. The van der Waals surface area contributed by atoms with Crippen LogP contribution in [0.2, 0.25) is 0 Å². The Kier molecular flexibility index (Phi) is 3.69. The molecule has 0 unspecified atom stereocenters. The number of hydrogen-bond acceptors (Lipinski definition) is 5. The van der Waals surface area contributed by atoms with Gasteiger partial charge in [-0.15, -0.1) is 0 Å². The Morgan fingerprint density at radius 1 is 1.20 bits per heavy atom. The van der Waals surface area contributed by atoms with Gasteiger partial charge in [-0.1, -0.05) is 28.5 Å². The van der Waals surface area contributed by atoms with Crippen molar-refractivity contribution in [2.75, 3.05) is 24.5 Å². The number of benzene rings is 1. The SMILES string of the molecule is Cc1nonc1CN1CCN(c2ccccc2)C[C@@H]1C. The zero-order valence-electron chi connectivity index (χ0n) is 12.0. The molecule has 2 heterocycles. The van der Waals surface area contributed by atoms with Crippen molar-refractivity contribution in [3.63, 3.8) is 0 Å². The van der Waals surface area contributed by atoms with Gasteiger partial charge in [-0.25, -0.2) is 4.63 Å². The van der Waals surface area contributed by atoms with Crippen molar-refractivity contribution in [1.29, 1.82) is 0 Å². The summed E-state index contributed by atoms with van der Waals surface area (Å²) in [6, 6.07) is 11.1. The molecule has 20 heavy (non-hydrogen) atoms. The summed E-state index contributed by atoms with van der Waals surface area (Å²) in [7, 11) is 0. The number of nitrogens with zero attached hydrogens (tertiary/aromatic N) is 4. The van der Waals surface area contributed by atoms with E-state index in [-0.39, 0.29) is 0 Å². The highest BCUT2D eigenvalue weighted by Gasteiger charge is 2.25. The number of rotatable bonds is 3. The monoisotopic (exact) mass is 272 g/mol. The molecule has 0 amide bonds. The lowest BCUT2D eigenvalue weighted by Gasteiger charge is -2.40. The van der Waals surface area contributed by atoms with Crippen LogP contribution in [0.3, 0.4) is 0 Å². The molecule has 3 rings (SSSR count). The van der Waals surface area contributed by atoms with Gasteiger partial charge in [0.1, 0.15) is 11.4 Å². The molecule has 0 spiro atoms. The zero-order valence-corrected chi connectivity index (χ0v) is 12.0. The molecule has 106 valence electrons. The average molecular weight is 272 g/mol. The fourth-order valence-electron chi connectivity index (χ4n) is 2.69. The lowest BCUT2D eigenvalue weighted by molar-refractivity contribution is 0.175. The van der Waals surface area contributed by atoms with Gasteiger partial charge in [0.15, 0.2) is 0 Å². The van der Waals surface area contributed by atoms with Crippen molar-refractivity contribution in [3.05, 3.63) is 41.7 Å². The van der Waals surface area contributed by atoms with Gasteiger partial charge in [0.05, 0.1) is 0 Å². The molecule has 0 bridgehead atoms. The Bertz CT molecular complexity index is 554. The lowest BCUT2D eigenvalue weighted by atomic mass is 10.1. The molecule has 0 aliphatic carbocycles. The van der Waals surface area contributed by atoms with Gasteiger partial charge in [0.2, 0.25) is 0 Å². The van der Waals surface area contributed by atoms with Gasteiger partial charge in [-0.2, -0.15) is 0 Å². The van der Waals surface area contributed by atoms with E-state index in [0.717, 1.165) is 37.6 Å². The maximum absolute atomic E-state index is 4.78. The van der Waals surface area contributed by atoms with Crippen LogP contribution in [0, 0.1) is 6.92 Å². The minimum absolute atomic E-state index is 0.486. The highest BCUT2D eigenvalue weighted by Crippen LogP contribution is 2.20. The van der Waals surface area contributed by atoms with Crippen LogP contribution in [-0.4, -0.2) is 40.9 Å². The van der Waals surface area contributed by atoms with E-state index >= 15 is 0 Å². The molecule has 1 atom stereocenters. The van der Waals surface area contributed by atoms with Crippen LogP contribution in [-0.2, 0) is 6.54 Å². The zero-order chi connectivity index (χ0) is 13.9. The average Bonchev–Trinajstić information content (AvgIpc) is 2.87. The topological polar surface area (TPSA) is 45.4 Å². The Balaban J connectivity index is 1.64. The normalized spacial score (nSPS) is 20.3. The van der Waals surface area contributed by atoms with Gasteiger partial charge < -0.3 is 4.90 Å². The fraction of sp³-hybridized carbons (Fsp3) is 0.467. The Hall–Kier alpha value is -1.88. The number of hydrogen-bond donors (Lipinski definition) is 0. The largest absolute Gasteiger partial charge is 0.369 e. The van der Waals surface area contributed by atoms with Crippen molar-refractivity contribution in [1.82, 2.24) is 15.2 Å². The van der Waals surface area contributed by atoms with Gasteiger partial charge in [-0.3, -0.25) is 4.90 Å². The van der Waals surface area contributed by atoms with Crippen LogP contribution in [0.4, 0.5) is 5.69 Å². The van der Waals surface area contributed by atoms with Gasteiger partial charge in [0.25, 0.3) is 0 Å². The number of anilines is 1. The van der Waals surface area contributed by atoms with E-state index in [1.54, 1.807) is 0 Å². The Morgan fingerprint density at radius 2 is 2.00 bits per heavy atom. The molecular formula is C15H20N4O. The van der Waals surface area contributed by atoms with Crippen LogP contribution < -0.4 is 4.90 Å². The third-order valence-corrected chi connectivity index (χ3v) is 3.99. The summed E-state index contributed by atoms with van der Waals surface area (Å²) < 4.78 is 4.78. The molecule has 1 saturated heterocycles. The van der Waals surface area contributed by atoms with E-state index in [1.807, 2.05) is 6.92 Å². The maximum atomic E-state index is 4.78. The molecule has 2 aromatic rings. The molecule has 1 aliphatic heterocycles. The molecule has 5 nitrogen and oxygen atoms in total.